The molecule has 1 heterocycles. The monoisotopic (exact) mass is 267 g/mol. The lowest BCUT2D eigenvalue weighted by Gasteiger charge is -2.18. The third-order valence-corrected chi connectivity index (χ3v) is 3.17. The number of nitrogens with one attached hydrogen (secondary N) is 1. The molecule has 0 radical (unpaired) electrons. The van der Waals surface area contributed by atoms with Crippen LogP contribution in [-0.4, -0.2) is 17.2 Å². The van der Waals surface area contributed by atoms with Crippen LogP contribution in [0.3, 0.4) is 0 Å². The minimum absolute atomic E-state index is 0.154. The van der Waals surface area contributed by atoms with Gasteiger partial charge in [-0.1, -0.05) is 20.8 Å². The quantitative estimate of drug-likeness (QED) is 0.653. The van der Waals surface area contributed by atoms with Crippen molar-refractivity contribution in [3.63, 3.8) is 0 Å². The number of thiazole rings is 1. The van der Waals surface area contributed by atoms with Crippen molar-refractivity contribution in [3.8, 4) is 0 Å². The second kappa shape index (κ2) is 4.91. The van der Waals surface area contributed by atoms with Crippen molar-refractivity contribution in [1.29, 1.82) is 0 Å². The van der Waals surface area contributed by atoms with Gasteiger partial charge in [-0.15, -0.1) is 11.3 Å². The van der Waals surface area contributed by atoms with Crippen molar-refractivity contribution >= 4 is 11.3 Å². The Balaban J connectivity index is 2.79. The molecule has 0 saturated carbocycles. The van der Waals surface area contributed by atoms with Crippen LogP contribution in [0.2, 0.25) is 0 Å². The zero-order valence-electron chi connectivity index (χ0n) is 9.93. The van der Waals surface area contributed by atoms with Gasteiger partial charge in [0.15, 0.2) is 0 Å². The molecule has 17 heavy (non-hydrogen) atoms. The van der Waals surface area contributed by atoms with Gasteiger partial charge in [0.1, 0.15) is 6.04 Å². The lowest BCUT2D eigenvalue weighted by Crippen LogP contribution is -2.47. The van der Waals surface area contributed by atoms with Gasteiger partial charge in [0.25, 0.3) is 0 Å². The van der Waals surface area contributed by atoms with Crippen molar-refractivity contribution < 1.29 is 13.2 Å². The Morgan fingerprint density at radius 1 is 1.41 bits per heavy atom. The fourth-order valence-corrected chi connectivity index (χ4v) is 2.26. The van der Waals surface area contributed by atoms with E-state index < -0.39 is 12.2 Å². The van der Waals surface area contributed by atoms with Crippen LogP contribution in [0, 0.1) is 0 Å². The van der Waals surface area contributed by atoms with Gasteiger partial charge in [0, 0.05) is 17.2 Å². The molecule has 3 nitrogen and oxygen atoms in total. The first-order chi connectivity index (χ1) is 7.64. The van der Waals surface area contributed by atoms with Crippen molar-refractivity contribution in [2.24, 2.45) is 5.84 Å². The summed E-state index contributed by atoms with van der Waals surface area (Å²) in [6.45, 7) is 5.90. The number of hydrazine groups is 1. The van der Waals surface area contributed by atoms with Crippen LogP contribution < -0.4 is 11.3 Å². The molecule has 1 aromatic heterocycles. The maximum absolute atomic E-state index is 12.5. The largest absolute Gasteiger partial charge is 0.405 e. The van der Waals surface area contributed by atoms with Crippen molar-refractivity contribution in [3.05, 3.63) is 16.1 Å². The topological polar surface area (TPSA) is 50.9 Å². The van der Waals surface area contributed by atoms with E-state index in [2.05, 4.69) is 4.98 Å². The van der Waals surface area contributed by atoms with Crippen LogP contribution in [0.25, 0.3) is 0 Å². The molecule has 0 spiro atoms. The van der Waals surface area contributed by atoms with E-state index in [9.17, 15) is 13.2 Å². The molecule has 1 rings (SSSR count). The molecule has 1 aromatic rings. The lowest BCUT2D eigenvalue weighted by atomic mass is 9.93. The first-order valence-corrected chi connectivity index (χ1v) is 6.00. The summed E-state index contributed by atoms with van der Waals surface area (Å²) in [6, 6.07) is -1.75. The first-order valence-electron chi connectivity index (χ1n) is 5.12. The van der Waals surface area contributed by atoms with E-state index in [4.69, 9.17) is 5.84 Å². The van der Waals surface area contributed by atoms with Crippen LogP contribution in [0.5, 0.6) is 0 Å². The second-order valence-electron chi connectivity index (χ2n) is 4.84. The highest BCUT2D eigenvalue weighted by Gasteiger charge is 2.39. The maximum atomic E-state index is 12.5. The van der Waals surface area contributed by atoms with Gasteiger partial charge in [-0.3, -0.25) is 5.84 Å². The number of nitrogens with two attached hydrogens (primary N) is 1. The van der Waals surface area contributed by atoms with Crippen LogP contribution in [0.1, 0.15) is 31.5 Å². The van der Waals surface area contributed by atoms with Crippen LogP contribution >= 0.6 is 11.3 Å². The molecular weight excluding hydrogens is 251 g/mol. The van der Waals surface area contributed by atoms with E-state index in [1.54, 1.807) is 10.8 Å². The number of nitrogens with zero attached hydrogens (tertiary/aromatic N) is 1. The Morgan fingerprint density at radius 3 is 2.35 bits per heavy atom. The molecule has 0 aromatic carbocycles. The molecule has 0 aliphatic carbocycles. The van der Waals surface area contributed by atoms with Gasteiger partial charge in [0.05, 0.1) is 10.7 Å². The summed E-state index contributed by atoms with van der Waals surface area (Å²) < 4.78 is 37.4. The second-order valence-corrected chi connectivity index (χ2v) is 5.78. The zero-order chi connectivity index (χ0) is 13.3. The maximum Gasteiger partial charge on any atom is 0.405 e. The van der Waals surface area contributed by atoms with Gasteiger partial charge in [-0.25, -0.2) is 10.4 Å². The summed E-state index contributed by atoms with van der Waals surface area (Å²) in [5, 5.41) is 2.23. The van der Waals surface area contributed by atoms with Gasteiger partial charge < -0.3 is 0 Å². The lowest BCUT2D eigenvalue weighted by molar-refractivity contribution is -0.155. The Labute approximate surface area is 102 Å². The van der Waals surface area contributed by atoms with Gasteiger partial charge in [0.2, 0.25) is 0 Å². The molecule has 7 heteroatoms. The van der Waals surface area contributed by atoms with Crippen molar-refractivity contribution in [1.82, 2.24) is 10.4 Å². The number of hydrogen-bond acceptors (Lipinski definition) is 4. The van der Waals surface area contributed by atoms with Crippen molar-refractivity contribution in [2.45, 2.75) is 44.8 Å². The summed E-state index contributed by atoms with van der Waals surface area (Å²) in [4.78, 5) is 4.21. The highest BCUT2D eigenvalue weighted by Crippen LogP contribution is 2.27. The van der Waals surface area contributed by atoms with E-state index >= 15 is 0 Å². The summed E-state index contributed by atoms with van der Waals surface area (Å²) in [5.41, 5.74) is 2.43. The highest BCUT2D eigenvalue weighted by atomic mass is 32.1. The van der Waals surface area contributed by atoms with E-state index in [1.165, 1.54) is 11.3 Å². The number of halogens is 3. The first kappa shape index (κ1) is 14.4. The van der Waals surface area contributed by atoms with Crippen molar-refractivity contribution in [2.75, 3.05) is 0 Å². The molecule has 0 aliphatic rings. The predicted molar refractivity (Wildman–Crippen MR) is 61.7 cm³/mol. The standard InChI is InChI=1S/C10H16F3N3S/c1-9(2,3)7-5-17-8(15-7)4-6(16-14)10(11,12)13/h5-6,16H,4,14H2,1-3H3. The number of aromatic nitrogens is 1. The number of hydrogen-bond donors (Lipinski definition) is 2. The number of alkyl halides is 3. The molecule has 3 N–H and O–H groups in total. The normalized spacial score (nSPS) is 15.0. The fourth-order valence-electron chi connectivity index (χ4n) is 1.19. The average molecular weight is 267 g/mol. The summed E-state index contributed by atoms with van der Waals surface area (Å²) in [5.74, 6) is 4.91. The minimum Gasteiger partial charge on any atom is -0.271 e. The highest BCUT2D eigenvalue weighted by molar-refractivity contribution is 7.09. The fraction of sp³-hybridized carbons (Fsp3) is 0.700. The van der Waals surface area contributed by atoms with E-state index in [-0.39, 0.29) is 11.8 Å². The van der Waals surface area contributed by atoms with Gasteiger partial charge in [-0.2, -0.15) is 13.2 Å². The Hall–Kier alpha value is -0.660. The molecule has 0 fully saturated rings. The zero-order valence-corrected chi connectivity index (χ0v) is 10.7. The minimum atomic E-state index is -4.36. The SMILES string of the molecule is CC(C)(C)c1csc(CC(NN)C(F)(F)F)n1. The molecule has 1 unspecified atom stereocenters. The summed E-state index contributed by atoms with van der Waals surface area (Å²) in [7, 11) is 0. The summed E-state index contributed by atoms with van der Waals surface area (Å²) in [6.07, 6.45) is -4.59. The van der Waals surface area contributed by atoms with Crippen LogP contribution in [-0.2, 0) is 11.8 Å². The average Bonchev–Trinajstić information content (AvgIpc) is 2.59. The van der Waals surface area contributed by atoms with Crippen LogP contribution in [0.4, 0.5) is 13.2 Å². The van der Waals surface area contributed by atoms with E-state index in [1.807, 2.05) is 20.8 Å². The Kier molecular flexibility index (Phi) is 4.16. The molecule has 98 valence electrons. The van der Waals surface area contributed by atoms with Gasteiger partial charge in [-0.05, 0) is 0 Å². The third kappa shape index (κ3) is 3.93. The molecule has 0 bridgehead atoms. The Morgan fingerprint density at radius 2 is 2.00 bits per heavy atom. The van der Waals surface area contributed by atoms with Crippen LogP contribution in [0.15, 0.2) is 5.38 Å². The molecule has 0 amide bonds. The Bertz CT molecular complexity index is 368. The smallest absolute Gasteiger partial charge is 0.271 e. The van der Waals surface area contributed by atoms with E-state index in [0.717, 1.165) is 5.69 Å². The molecular formula is C10H16F3N3S. The predicted octanol–water partition coefficient (Wildman–Crippen LogP) is 2.38. The number of rotatable bonds is 3. The van der Waals surface area contributed by atoms with E-state index in [0.29, 0.717) is 5.01 Å². The molecule has 1 atom stereocenters. The third-order valence-electron chi connectivity index (χ3n) is 2.30. The molecule has 0 saturated heterocycles. The molecule has 0 aliphatic heterocycles. The summed E-state index contributed by atoms with van der Waals surface area (Å²) >= 11 is 1.23. The van der Waals surface area contributed by atoms with Gasteiger partial charge >= 0.3 is 6.18 Å².